The Morgan fingerprint density at radius 2 is 1.52 bits per heavy atom. The molecule has 2 N–H and O–H groups in total. The Morgan fingerprint density at radius 1 is 1.05 bits per heavy atom. The Labute approximate surface area is 122 Å². The van der Waals surface area contributed by atoms with Crippen molar-refractivity contribution in [2.75, 3.05) is 5.73 Å². The van der Waals surface area contributed by atoms with Crippen LogP contribution in [0.2, 0.25) is 0 Å². The predicted molar refractivity (Wildman–Crippen MR) is 76.3 cm³/mol. The van der Waals surface area contributed by atoms with E-state index in [4.69, 9.17) is 15.0 Å². The highest BCUT2D eigenvalue weighted by Gasteiger charge is 2.53. The van der Waals surface area contributed by atoms with E-state index in [2.05, 4.69) is 0 Å². The number of hydrogen-bond acceptors (Lipinski definition) is 3. The topological polar surface area (TPSA) is 44.5 Å². The van der Waals surface area contributed by atoms with Gasteiger partial charge in [0.05, 0.1) is 16.8 Å². The van der Waals surface area contributed by atoms with Gasteiger partial charge in [-0.3, -0.25) is 0 Å². The molecule has 1 aliphatic heterocycles. The average molecular weight is 301 g/mol. The molecule has 21 heavy (non-hydrogen) atoms. The number of benzene rings is 1. The number of anilines is 1. The number of hydrogen-bond donors (Lipinski definition) is 1. The highest BCUT2D eigenvalue weighted by Crippen LogP contribution is 2.38. The van der Waals surface area contributed by atoms with Crippen molar-refractivity contribution >= 4 is 18.3 Å². The van der Waals surface area contributed by atoms with Crippen LogP contribution in [0.5, 0.6) is 0 Å². The molecule has 3 nitrogen and oxygen atoms in total. The molecule has 0 atom stereocenters. The summed E-state index contributed by atoms with van der Waals surface area (Å²) in [5.41, 5.74) is 4.40. The van der Waals surface area contributed by atoms with Gasteiger partial charge >= 0.3 is 13.3 Å². The SMILES string of the molecule is Cc1c(C(F)(F)F)ccc(N)c1B1OC(C)(C)C(C)(C)O1. The lowest BCUT2D eigenvalue weighted by Crippen LogP contribution is -2.41. The molecule has 1 aromatic carbocycles. The fourth-order valence-electron chi connectivity index (χ4n) is 2.33. The van der Waals surface area contributed by atoms with E-state index >= 15 is 0 Å². The van der Waals surface area contributed by atoms with Gasteiger partial charge in [-0.1, -0.05) is 0 Å². The van der Waals surface area contributed by atoms with E-state index in [1.165, 1.54) is 13.0 Å². The molecule has 7 heteroatoms. The minimum atomic E-state index is -4.43. The number of nitrogens with two attached hydrogens (primary N) is 1. The van der Waals surface area contributed by atoms with Crippen LogP contribution >= 0.6 is 0 Å². The highest BCUT2D eigenvalue weighted by molar-refractivity contribution is 6.64. The van der Waals surface area contributed by atoms with E-state index in [9.17, 15) is 13.2 Å². The molecule has 0 saturated carbocycles. The van der Waals surface area contributed by atoms with E-state index < -0.39 is 30.1 Å². The fourth-order valence-corrected chi connectivity index (χ4v) is 2.33. The average Bonchev–Trinajstić information content (AvgIpc) is 2.45. The zero-order chi connectivity index (χ0) is 16.2. The molecule has 0 spiro atoms. The third-order valence-corrected chi connectivity index (χ3v) is 4.34. The first-order chi connectivity index (χ1) is 9.37. The van der Waals surface area contributed by atoms with Gasteiger partial charge < -0.3 is 15.0 Å². The summed E-state index contributed by atoms with van der Waals surface area (Å²) in [6.45, 7) is 8.75. The van der Waals surface area contributed by atoms with E-state index in [0.29, 0.717) is 0 Å². The van der Waals surface area contributed by atoms with Crippen LogP contribution in [-0.4, -0.2) is 18.3 Å². The fraction of sp³-hybridized carbons (Fsp3) is 0.571. The quantitative estimate of drug-likeness (QED) is 0.641. The molecule has 1 fully saturated rings. The summed E-state index contributed by atoms with van der Waals surface area (Å²) in [6.07, 6.45) is -4.43. The van der Waals surface area contributed by atoms with Gasteiger partial charge in [0, 0.05) is 11.2 Å². The molecule has 0 aliphatic carbocycles. The van der Waals surface area contributed by atoms with Crippen LogP contribution in [0.25, 0.3) is 0 Å². The first-order valence-electron chi connectivity index (χ1n) is 6.68. The number of halogens is 3. The molecule has 1 saturated heterocycles. The van der Waals surface area contributed by atoms with Gasteiger partial charge in [0.2, 0.25) is 0 Å². The zero-order valence-corrected chi connectivity index (χ0v) is 12.8. The molecule has 0 radical (unpaired) electrons. The number of nitrogen functional groups attached to an aromatic ring is 1. The zero-order valence-electron chi connectivity index (χ0n) is 12.8. The van der Waals surface area contributed by atoms with Crippen LogP contribution in [0.15, 0.2) is 12.1 Å². The van der Waals surface area contributed by atoms with Crippen LogP contribution in [0.3, 0.4) is 0 Å². The highest BCUT2D eigenvalue weighted by atomic mass is 19.4. The van der Waals surface area contributed by atoms with Crippen LogP contribution in [-0.2, 0) is 15.5 Å². The van der Waals surface area contributed by atoms with Crippen molar-refractivity contribution in [3.05, 3.63) is 23.3 Å². The van der Waals surface area contributed by atoms with Gasteiger partial charge in [-0.15, -0.1) is 0 Å². The van der Waals surface area contributed by atoms with Crippen LogP contribution < -0.4 is 11.2 Å². The minimum Gasteiger partial charge on any atom is -0.399 e. The monoisotopic (exact) mass is 301 g/mol. The first-order valence-corrected chi connectivity index (χ1v) is 6.68. The molecule has 1 heterocycles. The Bertz CT molecular complexity index is 554. The van der Waals surface area contributed by atoms with E-state index in [1.807, 2.05) is 27.7 Å². The van der Waals surface area contributed by atoms with Crippen molar-refractivity contribution in [3.8, 4) is 0 Å². The molecule has 0 bridgehead atoms. The molecule has 0 unspecified atom stereocenters. The lowest BCUT2D eigenvalue weighted by Gasteiger charge is -2.32. The van der Waals surface area contributed by atoms with Gasteiger partial charge in [-0.2, -0.15) is 13.2 Å². The van der Waals surface area contributed by atoms with Crippen molar-refractivity contribution in [2.45, 2.75) is 52.0 Å². The molecule has 0 amide bonds. The van der Waals surface area contributed by atoms with Gasteiger partial charge in [0.1, 0.15) is 0 Å². The summed E-state index contributed by atoms with van der Waals surface area (Å²) >= 11 is 0. The molecular formula is C14H19BF3NO2. The third kappa shape index (κ3) is 2.64. The summed E-state index contributed by atoms with van der Waals surface area (Å²) in [4.78, 5) is 0. The lowest BCUT2D eigenvalue weighted by molar-refractivity contribution is -0.138. The Kier molecular flexibility index (Phi) is 3.58. The summed E-state index contributed by atoms with van der Waals surface area (Å²) in [5.74, 6) is 0. The van der Waals surface area contributed by atoms with Crippen molar-refractivity contribution in [1.82, 2.24) is 0 Å². The Hall–Kier alpha value is -1.21. The number of alkyl halides is 3. The molecule has 2 rings (SSSR count). The van der Waals surface area contributed by atoms with E-state index in [-0.39, 0.29) is 16.7 Å². The Balaban J connectivity index is 2.51. The van der Waals surface area contributed by atoms with Crippen LogP contribution in [0.1, 0.15) is 38.8 Å². The maximum absolute atomic E-state index is 13.0. The van der Waals surface area contributed by atoms with Gasteiger partial charge in [-0.05, 0) is 52.3 Å². The molecule has 1 aliphatic rings. The van der Waals surface area contributed by atoms with Crippen LogP contribution in [0, 0.1) is 6.92 Å². The molecule has 116 valence electrons. The summed E-state index contributed by atoms with van der Waals surface area (Å²) in [6, 6.07) is 2.23. The normalized spacial score (nSPS) is 20.9. The molecule has 1 aromatic rings. The standard InChI is InChI=1S/C14H19BF3NO2/c1-8-9(14(16,17)18)6-7-10(19)11(8)15-20-12(2,3)13(4,5)21-15/h6-7H,19H2,1-5H3. The largest absolute Gasteiger partial charge is 0.497 e. The summed E-state index contributed by atoms with van der Waals surface area (Å²) in [7, 11) is -0.905. The second-order valence-corrected chi connectivity index (χ2v) is 6.33. The smallest absolute Gasteiger partial charge is 0.399 e. The summed E-state index contributed by atoms with van der Waals surface area (Å²) < 4.78 is 50.7. The maximum atomic E-state index is 13.0. The third-order valence-electron chi connectivity index (χ3n) is 4.34. The summed E-state index contributed by atoms with van der Waals surface area (Å²) in [5, 5.41) is 0. The van der Waals surface area contributed by atoms with E-state index in [0.717, 1.165) is 6.07 Å². The van der Waals surface area contributed by atoms with Crippen molar-refractivity contribution in [3.63, 3.8) is 0 Å². The van der Waals surface area contributed by atoms with Crippen LogP contribution in [0.4, 0.5) is 18.9 Å². The second-order valence-electron chi connectivity index (χ2n) is 6.33. The van der Waals surface area contributed by atoms with E-state index in [1.54, 1.807) is 0 Å². The molecule has 0 aromatic heterocycles. The van der Waals surface area contributed by atoms with Gasteiger partial charge in [0.25, 0.3) is 0 Å². The molecular weight excluding hydrogens is 282 g/mol. The second kappa shape index (κ2) is 4.65. The van der Waals surface area contributed by atoms with Crippen molar-refractivity contribution in [1.29, 1.82) is 0 Å². The minimum absolute atomic E-state index is 0.0426. The predicted octanol–water partition coefficient (Wildman–Crippen LogP) is 2.90. The lowest BCUT2D eigenvalue weighted by atomic mass is 9.73. The maximum Gasteiger partial charge on any atom is 0.497 e. The Morgan fingerprint density at radius 3 is 1.95 bits per heavy atom. The van der Waals surface area contributed by atoms with Crippen molar-refractivity contribution in [2.24, 2.45) is 0 Å². The van der Waals surface area contributed by atoms with Gasteiger partial charge in [0.15, 0.2) is 0 Å². The van der Waals surface area contributed by atoms with Gasteiger partial charge in [-0.25, -0.2) is 0 Å². The first kappa shape index (κ1) is 16.2. The van der Waals surface area contributed by atoms with Crippen molar-refractivity contribution < 1.29 is 22.5 Å². The number of rotatable bonds is 1.